The van der Waals surface area contributed by atoms with Crippen LogP contribution in [0.15, 0.2) is 24.5 Å². The van der Waals surface area contributed by atoms with E-state index in [1.165, 1.54) is 25.6 Å². The monoisotopic (exact) mass is 290 g/mol. The second-order valence-corrected chi connectivity index (χ2v) is 4.66. The summed E-state index contributed by atoms with van der Waals surface area (Å²) in [7, 11) is 1.52. The molecule has 3 rings (SSSR count). The highest BCUT2D eigenvalue weighted by Gasteiger charge is 2.14. The van der Waals surface area contributed by atoms with Crippen LogP contribution in [0.4, 0.5) is 4.39 Å². The summed E-state index contributed by atoms with van der Waals surface area (Å²) in [4.78, 5) is 11.2. The normalized spacial score (nSPS) is 10.9. The Morgan fingerprint density at radius 3 is 2.90 bits per heavy atom. The van der Waals surface area contributed by atoms with Crippen LogP contribution in [0.25, 0.3) is 16.9 Å². The maximum atomic E-state index is 13.5. The number of methoxy groups -OCH3 is 1. The molecule has 0 aliphatic carbocycles. The van der Waals surface area contributed by atoms with E-state index in [-0.39, 0.29) is 5.82 Å². The molecule has 0 radical (unpaired) electrons. The summed E-state index contributed by atoms with van der Waals surface area (Å²) in [5, 5.41) is 0. The van der Waals surface area contributed by atoms with Gasteiger partial charge in [0.25, 0.3) is 0 Å². The van der Waals surface area contributed by atoms with Crippen LogP contribution in [0.5, 0.6) is 5.88 Å². The van der Waals surface area contributed by atoms with Crippen molar-refractivity contribution in [3.63, 3.8) is 0 Å². The number of nitrogens with one attached hydrogen (secondary N) is 1. The van der Waals surface area contributed by atoms with E-state index in [2.05, 4.69) is 15.0 Å². The maximum Gasteiger partial charge on any atom is 0.242 e. The third kappa shape index (κ3) is 1.87. The van der Waals surface area contributed by atoms with Crippen molar-refractivity contribution in [3.8, 4) is 11.6 Å². The van der Waals surface area contributed by atoms with Gasteiger partial charge in [0.05, 0.1) is 12.8 Å². The van der Waals surface area contributed by atoms with Crippen molar-refractivity contribution >= 4 is 23.4 Å². The molecule has 0 saturated heterocycles. The van der Waals surface area contributed by atoms with E-state index in [1.807, 2.05) is 6.92 Å². The van der Waals surface area contributed by atoms with Crippen molar-refractivity contribution in [1.82, 2.24) is 19.5 Å². The second-order valence-electron chi connectivity index (χ2n) is 4.28. The van der Waals surface area contributed by atoms with Crippen LogP contribution in [0.3, 0.4) is 0 Å². The van der Waals surface area contributed by atoms with Gasteiger partial charge in [-0.15, -0.1) is 0 Å². The lowest BCUT2D eigenvalue weighted by molar-refractivity contribution is 0.401. The van der Waals surface area contributed by atoms with Crippen LogP contribution >= 0.6 is 12.2 Å². The Bertz CT molecular complexity index is 855. The standard InChI is InChI=1S/C13H11FN4OS/c1-7-3-4-8(14)5-9(7)18-11-10(17-13(18)20)12(19-2)16-6-15-11/h3-6H,1-2H3,(H,17,20). The van der Waals surface area contributed by atoms with Gasteiger partial charge in [0, 0.05) is 0 Å². The first-order valence-corrected chi connectivity index (χ1v) is 6.29. The SMILES string of the molecule is COc1ncnc2c1[nH]c(=S)n2-c1cc(F)ccc1C. The molecule has 0 fully saturated rings. The number of fused-ring (bicyclic) bond motifs is 1. The molecule has 0 amide bonds. The van der Waals surface area contributed by atoms with Crippen LogP contribution < -0.4 is 4.74 Å². The van der Waals surface area contributed by atoms with Gasteiger partial charge in [-0.3, -0.25) is 4.57 Å². The predicted molar refractivity (Wildman–Crippen MR) is 75.3 cm³/mol. The quantitative estimate of drug-likeness (QED) is 0.737. The Kier molecular flexibility index (Phi) is 2.98. The number of aromatic nitrogens is 4. The summed E-state index contributed by atoms with van der Waals surface area (Å²) in [6, 6.07) is 4.53. The van der Waals surface area contributed by atoms with Crippen LogP contribution in [-0.4, -0.2) is 26.6 Å². The lowest BCUT2D eigenvalue weighted by Crippen LogP contribution is -2.00. The number of H-pyrrole nitrogens is 1. The summed E-state index contributed by atoms with van der Waals surface area (Å²) < 4.78 is 20.8. The fourth-order valence-electron chi connectivity index (χ4n) is 2.10. The van der Waals surface area contributed by atoms with E-state index >= 15 is 0 Å². The molecule has 0 aliphatic heterocycles. The summed E-state index contributed by atoms with van der Waals surface area (Å²) in [5.41, 5.74) is 2.67. The minimum atomic E-state index is -0.331. The number of hydrogen-bond donors (Lipinski definition) is 1. The molecule has 2 heterocycles. The molecule has 7 heteroatoms. The number of ether oxygens (including phenoxy) is 1. The fourth-order valence-corrected chi connectivity index (χ4v) is 2.39. The number of halogens is 1. The Morgan fingerprint density at radius 2 is 2.15 bits per heavy atom. The number of benzene rings is 1. The van der Waals surface area contributed by atoms with Crippen molar-refractivity contribution in [2.75, 3.05) is 7.11 Å². The van der Waals surface area contributed by atoms with Gasteiger partial charge >= 0.3 is 0 Å². The summed E-state index contributed by atoms with van der Waals surface area (Å²) >= 11 is 5.31. The Morgan fingerprint density at radius 1 is 1.35 bits per heavy atom. The predicted octanol–water partition coefficient (Wildman–Crippen LogP) is 2.93. The first-order chi connectivity index (χ1) is 9.61. The molecule has 0 atom stereocenters. The number of aryl methyl sites for hydroxylation is 1. The minimum absolute atomic E-state index is 0.331. The van der Waals surface area contributed by atoms with Crippen LogP contribution in [0.2, 0.25) is 0 Å². The number of hydrogen-bond acceptors (Lipinski definition) is 4. The maximum absolute atomic E-state index is 13.5. The van der Waals surface area contributed by atoms with Gasteiger partial charge < -0.3 is 9.72 Å². The van der Waals surface area contributed by atoms with E-state index in [0.717, 1.165) is 5.56 Å². The summed E-state index contributed by atoms with van der Waals surface area (Å²) in [5.74, 6) is 0.0665. The Labute approximate surface area is 119 Å². The van der Waals surface area contributed by atoms with Crippen LogP contribution in [0.1, 0.15) is 5.56 Å². The van der Waals surface area contributed by atoms with E-state index in [9.17, 15) is 4.39 Å². The Hall–Kier alpha value is -2.28. The molecule has 2 aromatic heterocycles. The number of aromatic amines is 1. The lowest BCUT2D eigenvalue weighted by atomic mass is 10.2. The first-order valence-electron chi connectivity index (χ1n) is 5.88. The fraction of sp³-hybridized carbons (Fsp3) is 0.154. The highest BCUT2D eigenvalue weighted by Crippen LogP contribution is 2.25. The molecule has 0 spiro atoms. The molecule has 20 heavy (non-hydrogen) atoms. The van der Waals surface area contributed by atoms with E-state index in [4.69, 9.17) is 17.0 Å². The average Bonchev–Trinajstić information content (AvgIpc) is 2.77. The van der Waals surface area contributed by atoms with Gasteiger partial charge in [0.2, 0.25) is 5.88 Å². The molecule has 3 aromatic rings. The third-order valence-corrected chi connectivity index (χ3v) is 3.33. The molecule has 1 aromatic carbocycles. The Balaban J connectivity index is 2.40. The van der Waals surface area contributed by atoms with Crippen LogP contribution in [0, 0.1) is 17.5 Å². The molecule has 0 unspecified atom stereocenters. The first kappa shape index (κ1) is 12.7. The molecule has 102 valence electrons. The van der Waals surface area contributed by atoms with E-state index in [1.54, 1.807) is 10.6 Å². The van der Waals surface area contributed by atoms with Gasteiger partial charge in [-0.25, -0.2) is 9.37 Å². The number of nitrogens with zero attached hydrogens (tertiary/aromatic N) is 3. The summed E-state index contributed by atoms with van der Waals surface area (Å²) in [6.45, 7) is 1.88. The number of imidazole rings is 1. The molecule has 1 N–H and O–H groups in total. The van der Waals surface area contributed by atoms with Gasteiger partial charge in [0.1, 0.15) is 17.7 Å². The van der Waals surface area contributed by atoms with Gasteiger partial charge in [-0.05, 0) is 36.8 Å². The van der Waals surface area contributed by atoms with Crippen molar-refractivity contribution in [2.24, 2.45) is 0 Å². The van der Waals surface area contributed by atoms with Gasteiger partial charge in [0.15, 0.2) is 10.4 Å². The summed E-state index contributed by atoms with van der Waals surface area (Å²) in [6.07, 6.45) is 1.38. The highest BCUT2D eigenvalue weighted by molar-refractivity contribution is 7.71. The van der Waals surface area contributed by atoms with Crippen molar-refractivity contribution in [3.05, 3.63) is 40.7 Å². The zero-order chi connectivity index (χ0) is 14.3. The van der Waals surface area contributed by atoms with Crippen LogP contribution in [-0.2, 0) is 0 Å². The molecular weight excluding hydrogens is 279 g/mol. The largest absolute Gasteiger partial charge is 0.479 e. The minimum Gasteiger partial charge on any atom is -0.479 e. The molecule has 5 nitrogen and oxygen atoms in total. The van der Waals surface area contributed by atoms with Crippen molar-refractivity contribution < 1.29 is 9.13 Å². The van der Waals surface area contributed by atoms with E-state index < -0.39 is 0 Å². The zero-order valence-corrected chi connectivity index (χ0v) is 11.7. The van der Waals surface area contributed by atoms with Crippen molar-refractivity contribution in [1.29, 1.82) is 0 Å². The number of rotatable bonds is 2. The topological polar surface area (TPSA) is 55.7 Å². The molecular formula is C13H11FN4OS. The van der Waals surface area contributed by atoms with E-state index in [0.29, 0.717) is 27.5 Å². The van der Waals surface area contributed by atoms with Crippen molar-refractivity contribution in [2.45, 2.75) is 6.92 Å². The van der Waals surface area contributed by atoms with Gasteiger partial charge in [-0.1, -0.05) is 6.07 Å². The third-order valence-electron chi connectivity index (χ3n) is 3.04. The van der Waals surface area contributed by atoms with Gasteiger partial charge in [-0.2, -0.15) is 4.98 Å². The smallest absolute Gasteiger partial charge is 0.242 e. The highest BCUT2D eigenvalue weighted by atomic mass is 32.1. The molecule has 0 aliphatic rings. The second kappa shape index (κ2) is 4.68. The average molecular weight is 290 g/mol. The zero-order valence-electron chi connectivity index (χ0n) is 10.8. The molecule has 0 bridgehead atoms. The lowest BCUT2D eigenvalue weighted by Gasteiger charge is -2.08. The molecule has 0 saturated carbocycles.